The highest BCUT2D eigenvalue weighted by atomic mass is 16.1. The highest BCUT2D eigenvalue weighted by Gasteiger charge is 1.76. The van der Waals surface area contributed by atoms with Gasteiger partial charge in [-0.25, -0.2) is 0 Å². The van der Waals surface area contributed by atoms with E-state index in [1.54, 1.807) is 6.29 Å². The number of rotatable bonds is 6. The van der Waals surface area contributed by atoms with Gasteiger partial charge in [0.25, 0.3) is 0 Å². The Bertz CT molecular complexity index is 134. The molecule has 1 nitrogen and oxygen atoms in total. The van der Waals surface area contributed by atoms with E-state index < -0.39 is 0 Å². The molecule has 0 aliphatic carbocycles. The largest absolute Gasteiger partial charge is 0.286 e. The summed E-state index contributed by atoms with van der Waals surface area (Å²) < 4.78 is 0. The molecule has 0 aliphatic rings. The van der Waals surface area contributed by atoms with E-state index in [1.807, 2.05) is 6.08 Å². The zero-order valence-electron chi connectivity index (χ0n) is 7.05. The molecule has 0 aromatic heterocycles. The number of hydrogen-bond acceptors (Lipinski definition) is 1. The van der Waals surface area contributed by atoms with Crippen molar-refractivity contribution in [1.82, 2.24) is 0 Å². The summed E-state index contributed by atoms with van der Waals surface area (Å²) in [6.45, 7) is 2.16. The normalized spacial score (nSPS) is 11.4. The van der Waals surface area contributed by atoms with Gasteiger partial charge in [0.15, 0.2) is 0 Å². The number of unbranched alkanes of at least 4 members (excludes halogenated alkanes) is 2. The lowest BCUT2D eigenvalue weighted by atomic mass is 10.2. The molecule has 0 N–H and O–H groups in total. The minimum atomic E-state index is 0.940. The van der Waals surface area contributed by atoms with Gasteiger partial charge in [-0.3, -0.25) is 4.79 Å². The van der Waals surface area contributed by atoms with Crippen LogP contribution in [0.4, 0.5) is 0 Å². The molecule has 0 heterocycles. The first kappa shape index (κ1) is 10.2. The van der Waals surface area contributed by atoms with Gasteiger partial charge in [-0.2, -0.15) is 0 Å². The van der Waals surface area contributed by atoms with Crippen LogP contribution in [0.1, 0.15) is 32.6 Å². The predicted octanol–water partition coefficient (Wildman–Crippen LogP) is 2.79. The Morgan fingerprint density at radius 2 is 1.73 bits per heavy atom. The highest BCUT2D eigenvalue weighted by Crippen LogP contribution is 1.95. The molecular weight excluding hydrogens is 136 g/mol. The molecule has 1 radical (unpaired) electrons. The van der Waals surface area contributed by atoms with E-state index in [0.29, 0.717) is 0 Å². The van der Waals surface area contributed by atoms with Crippen LogP contribution in [-0.2, 0) is 4.79 Å². The Labute approximate surface area is 68.8 Å². The lowest BCUT2D eigenvalue weighted by Crippen LogP contribution is -1.66. The Morgan fingerprint density at radius 3 is 2.36 bits per heavy atom. The van der Waals surface area contributed by atoms with Crippen molar-refractivity contribution in [3.63, 3.8) is 0 Å². The Morgan fingerprint density at radius 1 is 1.09 bits per heavy atom. The third kappa shape index (κ3) is 9.15. The van der Waals surface area contributed by atoms with Crippen molar-refractivity contribution in [1.29, 1.82) is 0 Å². The molecule has 0 amide bonds. The first-order chi connectivity index (χ1) is 5.41. The first-order valence-electron chi connectivity index (χ1n) is 4.09. The average Bonchev–Trinajstić information content (AvgIpc) is 2.03. The number of carbonyl (C=O) groups excluding carboxylic acids is 1. The molecule has 0 aromatic carbocycles. The molecule has 0 unspecified atom stereocenters. The van der Waals surface area contributed by atoms with Crippen molar-refractivity contribution < 1.29 is 4.79 Å². The molecule has 0 aromatic rings. The third-order valence-electron chi connectivity index (χ3n) is 1.31. The fraction of sp³-hybridized carbons (Fsp3) is 0.500. The van der Waals surface area contributed by atoms with E-state index >= 15 is 0 Å². The topological polar surface area (TPSA) is 17.1 Å². The molecule has 0 aliphatic heterocycles. The van der Waals surface area contributed by atoms with Crippen LogP contribution in [0.5, 0.6) is 0 Å². The van der Waals surface area contributed by atoms with Crippen molar-refractivity contribution in [2.45, 2.75) is 32.6 Å². The molecular formula is C10H15O. The second-order valence-corrected chi connectivity index (χ2v) is 2.36. The standard InChI is InChI=1S/C10H15O/c1-2-3-4-5-6-7-8-9-10-11/h4-5,8-9H,2-3,6-7H2,1H3. The first-order valence-corrected chi connectivity index (χ1v) is 4.09. The van der Waals surface area contributed by atoms with Crippen molar-refractivity contribution in [3.05, 3.63) is 24.3 Å². The van der Waals surface area contributed by atoms with Crippen LogP contribution in [-0.4, -0.2) is 6.29 Å². The SMILES string of the molecule is CCCC=CCCC=C[C]=O. The monoisotopic (exact) mass is 151 g/mol. The fourth-order valence-corrected chi connectivity index (χ4v) is 0.726. The van der Waals surface area contributed by atoms with E-state index in [9.17, 15) is 4.79 Å². The molecule has 0 spiro atoms. The maximum absolute atomic E-state index is 9.71. The van der Waals surface area contributed by atoms with E-state index in [2.05, 4.69) is 19.1 Å². The average molecular weight is 151 g/mol. The van der Waals surface area contributed by atoms with Crippen LogP contribution in [0.15, 0.2) is 24.3 Å². The molecule has 0 saturated heterocycles. The fourth-order valence-electron chi connectivity index (χ4n) is 0.726. The quantitative estimate of drug-likeness (QED) is 0.324. The zero-order chi connectivity index (χ0) is 8.36. The van der Waals surface area contributed by atoms with Crippen molar-refractivity contribution in [2.24, 2.45) is 0 Å². The maximum atomic E-state index is 9.71. The van der Waals surface area contributed by atoms with Crippen LogP contribution in [0.3, 0.4) is 0 Å². The molecule has 1 heteroatoms. The molecule has 0 fully saturated rings. The Balaban J connectivity index is 3.12. The van der Waals surface area contributed by atoms with E-state index in [-0.39, 0.29) is 0 Å². The summed E-state index contributed by atoms with van der Waals surface area (Å²) in [6.07, 6.45) is 13.6. The maximum Gasteiger partial charge on any atom is 0.225 e. The summed E-state index contributed by atoms with van der Waals surface area (Å²) >= 11 is 0. The molecule has 0 bridgehead atoms. The minimum absolute atomic E-state index is 0.940. The van der Waals surface area contributed by atoms with Gasteiger partial charge in [0.2, 0.25) is 6.29 Å². The van der Waals surface area contributed by atoms with Gasteiger partial charge >= 0.3 is 0 Å². The second kappa shape index (κ2) is 9.15. The lowest BCUT2D eigenvalue weighted by molar-refractivity contribution is 0.564. The van der Waals surface area contributed by atoms with Crippen molar-refractivity contribution >= 4 is 6.29 Å². The van der Waals surface area contributed by atoms with E-state index in [0.717, 1.165) is 19.3 Å². The van der Waals surface area contributed by atoms with Gasteiger partial charge in [0, 0.05) is 0 Å². The summed E-state index contributed by atoms with van der Waals surface area (Å²) in [5.74, 6) is 0. The summed E-state index contributed by atoms with van der Waals surface area (Å²) in [5, 5.41) is 0. The van der Waals surface area contributed by atoms with Gasteiger partial charge in [0.05, 0.1) is 0 Å². The summed E-state index contributed by atoms with van der Waals surface area (Å²) in [7, 11) is 0. The molecule has 11 heavy (non-hydrogen) atoms. The Kier molecular flexibility index (Phi) is 8.44. The van der Waals surface area contributed by atoms with E-state index in [1.165, 1.54) is 12.5 Å². The van der Waals surface area contributed by atoms with Gasteiger partial charge < -0.3 is 0 Å². The van der Waals surface area contributed by atoms with Crippen LogP contribution < -0.4 is 0 Å². The summed E-state index contributed by atoms with van der Waals surface area (Å²) in [5.41, 5.74) is 0. The minimum Gasteiger partial charge on any atom is -0.286 e. The number of allylic oxidation sites excluding steroid dienone is 4. The predicted molar refractivity (Wildman–Crippen MR) is 48.1 cm³/mol. The second-order valence-electron chi connectivity index (χ2n) is 2.36. The van der Waals surface area contributed by atoms with Crippen molar-refractivity contribution in [3.8, 4) is 0 Å². The Hall–Kier alpha value is -0.850. The van der Waals surface area contributed by atoms with Crippen LogP contribution in [0.2, 0.25) is 0 Å². The zero-order valence-corrected chi connectivity index (χ0v) is 7.05. The highest BCUT2D eigenvalue weighted by molar-refractivity contribution is 5.65. The van der Waals surface area contributed by atoms with E-state index in [4.69, 9.17) is 0 Å². The smallest absolute Gasteiger partial charge is 0.225 e. The molecule has 0 atom stereocenters. The van der Waals surface area contributed by atoms with Crippen LogP contribution in [0.25, 0.3) is 0 Å². The third-order valence-corrected chi connectivity index (χ3v) is 1.31. The van der Waals surface area contributed by atoms with Gasteiger partial charge in [-0.05, 0) is 25.3 Å². The summed E-state index contributed by atoms with van der Waals surface area (Å²) in [4.78, 5) is 9.71. The molecule has 0 saturated carbocycles. The van der Waals surface area contributed by atoms with Crippen LogP contribution >= 0.6 is 0 Å². The van der Waals surface area contributed by atoms with Crippen molar-refractivity contribution in [2.75, 3.05) is 0 Å². The summed E-state index contributed by atoms with van der Waals surface area (Å²) in [6, 6.07) is 0. The number of hydrogen-bond donors (Lipinski definition) is 0. The molecule has 0 rings (SSSR count). The van der Waals surface area contributed by atoms with Gasteiger partial charge in [0.1, 0.15) is 0 Å². The van der Waals surface area contributed by atoms with Gasteiger partial charge in [-0.1, -0.05) is 31.6 Å². The van der Waals surface area contributed by atoms with Crippen LogP contribution in [0, 0.1) is 0 Å². The van der Waals surface area contributed by atoms with Gasteiger partial charge in [-0.15, -0.1) is 0 Å². The lowest BCUT2D eigenvalue weighted by Gasteiger charge is -1.85. The molecule has 61 valence electrons.